The number of nitrogens with zero attached hydrogens (tertiary/aromatic N) is 6. The molecule has 14 nitrogen and oxygen atoms in total. The number of benzene rings is 2. The van der Waals surface area contributed by atoms with E-state index in [2.05, 4.69) is 30.7 Å². The van der Waals surface area contributed by atoms with Crippen LogP contribution in [0.1, 0.15) is 63.3 Å². The molecule has 18 heteroatoms. The SMILES string of the molecule is CCc1cc(N2C(=S)N(c3cnc(C#N)c(C(F)(F)F)c3)C(=O)C2(C)C)ccc1OCCN1CCN(CC(=O)Nc2cccc(NC3CCC(=O)NC3=O)c2)C2(CC2)C1. The molecule has 310 valence electrons. The van der Waals surface area contributed by atoms with Gasteiger partial charge in [-0.3, -0.25) is 39.2 Å². The number of piperidine rings is 1. The van der Waals surface area contributed by atoms with Crippen LogP contribution >= 0.6 is 12.2 Å². The van der Waals surface area contributed by atoms with E-state index in [0.717, 1.165) is 55.2 Å². The number of rotatable bonds is 12. The van der Waals surface area contributed by atoms with E-state index in [1.165, 1.54) is 6.07 Å². The molecule has 7 rings (SSSR count). The van der Waals surface area contributed by atoms with Crippen molar-refractivity contribution in [1.29, 1.82) is 5.26 Å². The largest absolute Gasteiger partial charge is 0.492 e. The monoisotopic (exact) mass is 831 g/mol. The van der Waals surface area contributed by atoms with Gasteiger partial charge in [0.15, 0.2) is 10.8 Å². The van der Waals surface area contributed by atoms with Crippen LogP contribution in [0.15, 0.2) is 54.7 Å². The van der Waals surface area contributed by atoms with E-state index in [-0.39, 0.29) is 47.0 Å². The highest BCUT2D eigenvalue weighted by molar-refractivity contribution is 7.81. The van der Waals surface area contributed by atoms with Gasteiger partial charge in [-0.1, -0.05) is 13.0 Å². The molecule has 59 heavy (non-hydrogen) atoms. The molecule has 1 aromatic heterocycles. The Morgan fingerprint density at radius 2 is 1.85 bits per heavy atom. The topological polar surface area (TPSA) is 163 Å². The number of nitriles is 1. The summed E-state index contributed by atoms with van der Waals surface area (Å²) < 4.78 is 47.5. The Bertz CT molecular complexity index is 2240. The van der Waals surface area contributed by atoms with Gasteiger partial charge in [0, 0.05) is 55.2 Å². The number of hydrogen-bond acceptors (Lipinski definition) is 11. The van der Waals surface area contributed by atoms with E-state index in [9.17, 15) is 37.6 Å². The van der Waals surface area contributed by atoms with Crippen LogP contribution in [-0.2, 0) is 31.8 Å². The third-order valence-corrected chi connectivity index (χ3v) is 11.7. The van der Waals surface area contributed by atoms with Crippen molar-refractivity contribution in [2.24, 2.45) is 0 Å². The van der Waals surface area contributed by atoms with Crippen LogP contribution < -0.4 is 30.5 Å². The summed E-state index contributed by atoms with van der Waals surface area (Å²) in [5, 5.41) is 17.6. The van der Waals surface area contributed by atoms with Crippen molar-refractivity contribution >= 4 is 63.7 Å². The number of carbonyl (C=O) groups excluding carboxylic acids is 4. The second-order valence-corrected chi connectivity index (χ2v) is 16.1. The fourth-order valence-electron chi connectivity index (χ4n) is 7.99. The van der Waals surface area contributed by atoms with Gasteiger partial charge in [-0.05, 0) is 99.8 Å². The molecule has 3 aliphatic heterocycles. The molecule has 1 spiro atoms. The van der Waals surface area contributed by atoms with Crippen LogP contribution in [0.3, 0.4) is 0 Å². The number of thiocarbonyl (C=S) groups is 1. The second-order valence-electron chi connectivity index (χ2n) is 15.7. The number of aromatic nitrogens is 1. The van der Waals surface area contributed by atoms with Crippen molar-refractivity contribution in [2.45, 2.75) is 76.2 Å². The quantitative estimate of drug-likeness (QED) is 0.169. The Balaban J connectivity index is 0.931. The smallest absolute Gasteiger partial charge is 0.419 e. The number of ether oxygens (including phenoxy) is 1. The van der Waals surface area contributed by atoms with Gasteiger partial charge >= 0.3 is 6.18 Å². The standard InChI is InChI=1S/C41H44F3N9O5S/c1-4-25-18-28(53-38(59)52(37(57)39(53,2)3)29-20-30(41(42,43)44)32(21-45)46-22-29)8-10-33(25)58-17-16-50-14-15-51(40(24-50)12-13-40)23-35(55)48-27-7-5-6-26(19-27)47-31-9-11-34(54)49-36(31)56/h5-8,10,18-20,22,31,47H,4,9,11-17,23-24H2,1-3H3,(H,48,55)(H,49,54,56). The van der Waals surface area contributed by atoms with Crippen LogP contribution in [0.5, 0.6) is 5.75 Å². The van der Waals surface area contributed by atoms with Crippen LogP contribution in [0.25, 0.3) is 0 Å². The average Bonchev–Trinajstić information content (AvgIpc) is 3.93. The number of piperazine rings is 1. The molecule has 0 bridgehead atoms. The fourth-order valence-corrected chi connectivity index (χ4v) is 8.51. The highest BCUT2D eigenvalue weighted by Gasteiger charge is 2.52. The van der Waals surface area contributed by atoms with Gasteiger partial charge in [0.25, 0.3) is 5.91 Å². The van der Waals surface area contributed by atoms with Crippen molar-refractivity contribution in [3.8, 4) is 11.8 Å². The van der Waals surface area contributed by atoms with Gasteiger partial charge in [-0.15, -0.1) is 0 Å². The van der Waals surface area contributed by atoms with Gasteiger partial charge in [-0.2, -0.15) is 18.4 Å². The van der Waals surface area contributed by atoms with Crippen LogP contribution in [0.4, 0.5) is 35.9 Å². The summed E-state index contributed by atoms with van der Waals surface area (Å²) in [5.41, 5.74) is -0.838. The first-order valence-corrected chi connectivity index (χ1v) is 19.8. The number of alkyl halides is 3. The second kappa shape index (κ2) is 16.2. The number of carbonyl (C=O) groups is 4. The van der Waals surface area contributed by atoms with Gasteiger partial charge in [0.2, 0.25) is 17.7 Å². The summed E-state index contributed by atoms with van der Waals surface area (Å²) in [5.74, 6) is -0.645. The van der Waals surface area contributed by atoms with Crippen molar-refractivity contribution < 1.29 is 37.1 Å². The number of hydrogen-bond donors (Lipinski definition) is 3. The van der Waals surface area contributed by atoms with Crippen LogP contribution in [-0.4, -0.2) is 100.0 Å². The maximum absolute atomic E-state index is 13.8. The number of amides is 4. The molecule has 4 aliphatic rings. The summed E-state index contributed by atoms with van der Waals surface area (Å²) in [6.45, 7) is 8.88. The molecule has 1 aliphatic carbocycles. The minimum Gasteiger partial charge on any atom is -0.492 e. The molecule has 1 unspecified atom stereocenters. The highest BCUT2D eigenvalue weighted by Crippen LogP contribution is 2.44. The Morgan fingerprint density at radius 1 is 1.08 bits per heavy atom. The van der Waals surface area contributed by atoms with Crippen LogP contribution in [0, 0.1) is 11.3 Å². The average molecular weight is 832 g/mol. The van der Waals surface area contributed by atoms with Gasteiger partial charge < -0.3 is 20.3 Å². The zero-order chi connectivity index (χ0) is 42.3. The first-order chi connectivity index (χ1) is 28.0. The molecule has 1 atom stereocenters. The lowest BCUT2D eigenvalue weighted by Crippen LogP contribution is -2.57. The minimum absolute atomic E-state index is 0.0190. The lowest BCUT2D eigenvalue weighted by atomic mass is 10.0. The number of halogens is 3. The zero-order valence-corrected chi connectivity index (χ0v) is 33.6. The maximum atomic E-state index is 13.8. The Labute approximate surface area is 344 Å². The first-order valence-electron chi connectivity index (χ1n) is 19.4. The predicted molar refractivity (Wildman–Crippen MR) is 217 cm³/mol. The van der Waals surface area contributed by atoms with Crippen molar-refractivity contribution in [2.75, 3.05) is 59.8 Å². The molecule has 0 radical (unpaired) electrons. The van der Waals surface area contributed by atoms with Gasteiger partial charge in [-0.25, -0.2) is 4.98 Å². The fraction of sp³-hybridized carbons (Fsp3) is 0.439. The third kappa shape index (κ3) is 8.59. The summed E-state index contributed by atoms with van der Waals surface area (Å²) in [7, 11) is 0. The summed E-state index contributed by atoms with van der Waals surface area (Å²) in [6.07, 6.45) is -0.571. The minimum atomic E-state index is -4.86. The molecule has 4 amide bonds. The molecule has 1 saturated carbocycles. The Kier molecular flexibility index (Phi) is 11.4. The molecule has 4 heterocycles. The molecule has 3 aromatic rings. The predicted octanol–water partition coefficient (Wildman–Crippen LogP) is 4.84. The molecule has 2 aromatic carbocycles. The van der Waals surface area contributed by atoms with Crippen molar-refractivity contribution in [3.63, 3.8) is 0 Å². The zero-order valence-electron chi connectivity index (χ0n) is 32.8. The van der Waals surface area contributed by atoms with E-state index in [0.29, 0.717) is 48.8 Å². The van der Waals surface area contributed by atoms with Crippen LogP contribution in [0.2, 0.25) is 0 Å². The summed E-state index contributed by atoms with van der Waals surface area (Å²) in [6, 6.07) is 14.3. The normalized spacial score (nSPS) is 20.4. The van der Waals surface area contributed by atoms with E-state index in [4.69, 9.17) is 17.0 Å². The highest BCUT2D eigenvalue weighted by atomic mass is 32.1. The summed E-state index contributed by atoms with van der Waals surface area (Å²) >= 11 is 5.70. The number of aryl methyl sites for hydroxylation is 1. The first kappa shape index (κ1) is 41.5. The van der Waals surface area contributed by atoms with E-state index in [1.807, 2.05) is 25.1 Å². The van der Waals surface area contributed by atoms with Crippen molar-refractivity contribution in [1.82, 2.24) is 20.1 Å². The number of imide groups is 1. The number of pyridine rings is 1. The molecule has 3 saturated heterocycles. The van der Waals surface area contributed by atoms with Crippen molar-refractivity contribution in [3.05, 3.63) is 71.5 Å². The number of nitrogens with one attached hydrogen (secondary N) is 3. The Hall–Kier alpha value is -5.64. The molecular formula is C41H44F3N9O5S. The van der Waals surface area contributed by atoms with Gasteiger partial charge in [0.05, 0.1) is 24.0 Å². The molecule has 3 N–H and O–H groups in total. The summed E-state index contributed by atoms with van der Waals surface area (Å²) in [4.78, 5) is 61.4. The third-order valence-electron chi connectivity index (χ3n) is 11.3. The maximum Gasteiger partial charge on any atom is 0.419 e. The Morgan fingerprint density at radius 3 is 2.54 bits per heavy atom. The van der Waals surface area contributed by atoms with Gasteiger partial charge in [0.1, 0.15) is 30.0 Å². The molecule has 4 fully saturated rings. The van der Waals surface area contributed by atoms with E-state index < -0.39 is 34.9 Å². The van der Waals surface area contributed by atoms with E-state index >= 15 is 0 Å². The number of anilines is 4. The lowest BCUT2D eigenvalue weighted by Gasteiger charge is -2.41. The van der Waals surface area contributed by atoms with E-state index in [1.54, 1.807) is 43.0 Å². The molecular weight excluding hydrogens is 788 g/mol. The lowest BCUT2D eigenvalue weighted by molar-refractivity contribution is -0.138.